The van der Waals surface area contributed by atoms with Crippen LogP contribution in [0.25, 0.3) is 0 Å². The number of nitrogens with one attached hydrogen (secondary N) is 1. The molecule has 0 aromatic carbocycles. The van der Waals surface area contributed by atoms with Crippen molar-refractivity contribution < 1.29 is 0 Å². The first kappa shape index (κ1) is 11.0. The van der Waals surface area contributed by atoms with E-state index in [0.29, 0.717) is 6.04 Å². The van der Waals surface area contributed by atoms with E-state index in [4.69, 9.17) is 0 Å². The molecule has 1 saturated carbocycles. The lowest BCUT2D eigenvalue weighted by Crippen LogP contribution is -2.39. The molecule has 1 rings (SSSR count). The van der Waals surface area contributed by atoms with Crippen LogP contribution in [0, 0.1) is 5.92 Å². The zero-order chi connectivity index (χ0) is 9.68. The first-order chi connectivity index (χ1) is 6.24. The number of hydrogen-bond donors (Lipinski definition) is 1. The second-order valence-electron chi connectivity index (χ2n) is 4.66. The summed E-state index contributed by atoms with van der Waals surface area (Å²) in [6.07, 6.45) is 8.52. The van der Waals surface area contributed by atoms with Gasteiger partial charge in [-0.15, -0.1) is 0 Å². The van der Waals surface area contributed by atoms with Gasteiger partial charge in [-0.3, -0.25) is 0 Å². The molecule has 78 valence electrons. The third kappa shape index (κ3) is 3.68. The fraction of sp³-hybridized carbons (Fsp3) is 1.00. The monoisotopic (exact) mass is 183 g/mol. The molecule has 0 saturated heterocycles. The Morgan fingerprint density at radius 1 is 1.15 bits per heavy atom. The molecule has 0 unspecified atom stereocenters. The van der Waals surface area contributed by atoms with Gasteiger partial charge in [-0.05, 0) is 39.0 Å². The summed E-state index contributed by atoms with van der Waals surface area (Å²) < 4.78 is 0. The Labute approximate surface area is 83.3 Å². The van der Waals surface area contributed by atoms with Gasteiger partial charge in [0.05, 0.1) is 0 Å². The molecule has 1 aliphatic carbocycles. The van der Waals surface area contributed by atoms with E-state index in [1.807, 2.05) is 0 Å². The van der Waals surface area contributed by atoms with Crippen molar-refractivity contribution in [2.45, 2.75) is 71.4 Å². The average Bonchev–Trinajstić information content (AvgIpc) is 2.19. The van der Waals surface area contributed by atoms with Gasteiger partial charge in [0.1, 0.15) is 0 Å². The van der Waals surface area contributed by atoms with E-state index in [1.165, 1.54) is 38.5 Å². The predicted molar refractivity (Wildman–Crippen MR) is 58.9 cm³/mol. The number of hydrogen-bond acceptors (Lipinski definition) is 1. The molecule has 0 aliphatic heterocycles. The van der Waals surface area contributed by atoms with E-state index in [1.54, 1.807) is 0 Å². The third-order valence-electron chi connectivity index (χ3n) is 3.52. The van der Waals surface area contributed by atoms with Crippen molar-refractivity contribution >= 4 is 0 Å². The summed E-state index contributed by atoms with van der Waals surface area (Å²) in [5, 5.41) is 3.70. The fourth-order valence-electron chi connectivity index (χ4n) is 2.34. The van der Waals surface area contributed by atoms with E-state index in [0.717, 1.165) is 12.0 Å². The lowest BCUT2D eigenvalue weighted by atomic mass is 9.84. The maximum absolute atomic E-state index is 3.70. The van der Waals surface area contributed by atoms with Crippen LogP contribution >= 0.6 is 0 Å². The molecule has 0 aromatic rings. The van der Waals surface area contributed by atoms with Crippen LogP contribution in [0.5, 0.6) is 0 Å². The van der Waals surface area contributed by atoms with Crippen molar-refractivity contribution in [2.24, 2.45) is 5.92 Å². The zero-order valence-electron chi connectivity index (χ0n) is 9.47. The van der Waals surface area contributed by atoms with E-state index in [-0.39, 0.29) is 0 Å². The Bertz CT molecular complexity index is 127. The van der Waals surface area contributed by atoms with Crippen LogP contribution < -0.4 is 5.32 Å². The minimum atomic E-state index is 0.692. The Hall–Kier alpha value is -0.0400. The normalized spacial score (nSPS) is 24.2. The molecular formula is C12H25N. The third-order valence-corrected chi connectivity index (χ3v) is 3.52. The molecule has 0 radical (unpaired) electrons. The molecule has 0 spiro atoms. The highest BCUT2D eigenvalue weighted by Gasteiger charge is 2.20. The van der Waals surface area contributed by atoms with E-state index in [9.17, 15) is 0 Å². The minimum absolute atomic E-state index is 0.692. The van der Waals surface area contributed by atoms with Gasteiger partial charge in [0.15, 0.2) is 0 Å². The Morgan fingerprint density at radius 3 is 2.31 bits per heavy atom. The van der Waals surface area contributed by atoms with Gasteiger partial charge in [0.25, 0.3) is 0 Å². The molecule has 1 fully saturated rings. The molecule has 1 heteroatoms. The van der Waals surface area contributed by atoms with Gasteiger partial charge >= 0.3 is 0 Å². The van der Waals surface area contributed by atoms with Gasteiger partial charge < -0.3 is 5.32 Å². The molecule has 1 N–H and O–H groups in total. The molecule has 0 heterocycles. The van der Waals surface area contributed by atoms with Crippen molar-refractivity contribution in [3.8, 4) is 0 Å². The molecule has 0 bridgehead atoms. The van der Waals surface area contributed by atoms with E-state index < -0.39 is 0 Å². The quantitative estimate of drug-likeness (QED) is 0.705. The second kappa shape index (κ2) is 5.64. The molecule has 1 aliphatic rings. The van der Waals surface area contributed by atoms with Gasteiger partial charge in [-0.2, -0.15) is 0 Å². The van der Waals surface area contributed by atoms with E-state index in [2.05, 4.69) is 26.1 Å². The SMILES string of the molecule is CC[C@@H](C)N[C@@H](C)C1CCCCC1. The van der Waals surface area contributed by atoms with Crippen molar-refractivity contribution in [2.75, 3.05) is 0 Å². The van der Waals surface area contributed by atoms with Crippen LogP contribution in [-0.4, -0.2) is 12.1 Å². The maximum atomic E-state index is 3.70. The Balaban J connectivity index is 2.24. The Morgan fingerprint density at radius 2 is 1.77 bits per heavy atom. The van der Waals surface area contributed by atoms with Crippen LogP contribution in [0.15, 0.2) is 0 Å². The first-order valence-corrected chi connectivity index (χ1v) is 6.00. The van der Waals surface area contributed by atoms with Crippen molar-refractivity contribution in [1.29, 1.82) is 0 Å². The summed E-state index contributed by atoms with van der Waals surface area (Å²) in [5.74, 6) is 0.947. The minimum Gasteiger partial charge on any atom is -0.312 e. The van der Waals surface area contributed by atoms with Crippen LogP contribution in [0.2, 0.25) is 0 Å². The van der Waals surface area contributed by atoms with Crippen LogP contribution in [0.1, 0.15) is 59.3 Å². The van der Waals surface area contributed by atoms with Crippen molar-refractivity contribution in [3.05, 3.63) is 0 Å². The standard InChI is InChI=1S/C12H25N/c1-4-10(2)13-11(3)12-8-6-5-7-9-12/h10-13H,4-9H2,1-3H3/t10-,11+/m1/s1. The van der Waals surface area contributed by atoms with Gasteiger partial charge in [0, 0.05) is 12.1 Å². The lowest BCUT2D eigenvalue weighted by molar-refractivity contribution is 0.266. The highest BCUT2D eigenvalue weighted by molar-refractivity contribution is 4.77. The molecule has 2 atom stereocenters. The van der Waals surface area contributed by atoms with Crippen molar-refractivity contribution in [1.82, 2.24) is 5.32 Å². The van der Waals surface area contributed by atoms with E-state index >= 15 is 0 Å². The summed E-state index contributed by atoms with van der Waals surface area (Å²) in [6, 6.07) is 1.42. The first-order valence-electron chi connectivity index (χ1n) is 6.00. The summed E-state index contributed by atoms with van der Waals surface area (Å²) in [6.45, 7) is 6.91. The molecular weight excluding hydrogens is 158 g/mol. The molecule has 0 amide bonds. The summed E-state index contributed by atoms with van der Waals surface area (Å²) in [5.41, 5.74) is 0. The topological polar surface area (TPSA) is 12.0 Å². The number of rotatable bonds is 4. The van der Waals surface area contributed by atoms with Crippen LogP contribution in [0.4, 0.5) is 0 Å². The van der Waals surface area contributed by atoms with Gasteiger partial charge in [-0.25, -0.2) is 0 Å². The second-order valence-corrected chi connectivity index (χ2v) is 4.66. The maximum Gasteiger partial charge on any atom is 0.00694 e. The zero-order valence-corrected chi connectivity index (χ0v) is 9.47. The Kier molecular flexibility index (Phi) is 4.79. The average molecular weight is 183 g/mol. The van der Waals surface area contributed by atoms with Crippen LogP contribution in [0.3, 0.4) is 0 Å². The summed E-state index contributed by atoms with van der Waals surface area (Å²) in [7, 11) is 0. The molecule has 1 nitrogen and oxygen atoms in total. The predicted octanol–water partition coefficient (Wildman–Crippen LogP) is 3.34. The van der Waals surface area contributed by atoms with Crippen LogP contribution in [-0.2, 0) is 0 Å². The van der Waals surface area contributed by atoms with Gasteiger partial charge in [-0.1, -0.05) is 26.2 Å². The summed E-state index contributed by atoms with van der Waals surface area (Å²) in [4.78, 5) is 0. The smallest absolute Gasteiger partial charge is 0.00694 e. The largest absolute Gasteiger partial charge is 0.312 e. The molecule has 0 aromatic heterocycles. The van der Waals surface area contributed by atoms with Crippen molar-refractivity contribution in [3.63, 3.8) is 0 Å². The summed E-state index contributed by atoms with van der Waals surface area (Å²) >= 11 is 0. The fourth-order valence-corrected chi connectivity index (χ4v) is 2.34. The lowest BCUT2D eigenvalue weighted by Gasteiger charge is -2.30. The molecule has 13 heavy (non-hydrogen) atoms. The highest BCUT2D eigenvalue weighted by Crippen LogP contribution is 2.26. The van der Waals surface area contributed by atoms with Gasteiger partial charge in [0.2, 0.25) is 0 Å². The highest BCUT2D eigenvalue weighted by atomic mass is 14.9.